The van der Waals surface area contributed by atoms with E-state index in [1.807, 2.05) is 0 Å². The molecule has 0 spiro atoms. The van der Waals surface area contributed by atoms with Crippen molar-refractivity contribution in [2.45, 2.75) is 57.9 Å². The molecule has 0 N–H and O–H groups in total. The van der Waals surface area contributed by atoms with Crippen LogP contribution in [0, 0.1) is 0 Å². The Bertz CT molecular complexity index is 164. The molecule has 0 aliphatic heterocycles. The number of hydrogen-bond donors (Lipinski definition) is 0. The highest BCUT2D eigenvalue weighted by molar-refractivity contribution is 7.64. The van der Waals surface area contributed by atoms with Gasteiger partial charge in [-0.2, -0.15) is 0 Å². The molecule has 0 atom stereocenters. The van der Waals surface area contributed by atoms with E-state index in [0.29, 0.717) is 0 Å². The number of unbranched alkanes of at least 4 members (excludes halogenated alkanes) is 6. The number of hydrogen-bond acceptors (Lipinski definition) is 0. The molecule has 0 aromatic carbocycles. The molecule has 90 valence electrons. The van der Waals surface area contributed by atoms with Crippen molar-refractivity contribution in [1.82, 2.24) is 0 Å². The van der Waals surface area contributed by atoms with Crippen molar-refractivity contribution >= 4 is 39.2 Å². The Hall–Kier alpha value is 0.827. The van der Waals surface area contributed by atoms with Crippen molar-refractivity contribution in [3.8, 4) is 0 Å². The Kier molecular flexibility index (Phi) is 10.6. The van der Waals surface area contributed by atoms with Crippen LogP contribution in [0.2, 0.25) is 6.04 Å². The second kappa shape index (κ2) is 10.0. The van der Waals surface area contributed by atoms with E-state index in [1.54, 1.807) is 0 Å². The fourth-order valence-corrected chi connectivity index (χ4v) is 3.31. The summed E-state index contributed by atoms with van der Waals surface area (Å²) in [7, 11) is 0. The lowest BCUT2D eigenvalue weighted by Gasteiger charge is -2.06. The predicted octanol–water partition coefficient (Wildman–Crippen LogP) is 5.95. The Morgan fingerprint density at radius 2 is 1.40 bits per heavy atom. The molecule has 4 heteroatoms. The van der Waals surface area contributed by atoms with E-state index >= 15 is 0 Å². The third kappa shape index (κ3) is 14.8. The molecular formula is C11H21Cl3Si. The molecule has 0 aromatic rings. The first-order valence-corrected chi connectivity index (χ1v) is 11.0. The van der Waals surface area contributed by atoms with Crippen LogP contribution in [0.1, 0.15) is 51.9 Å². The van der Waals surface area contributed by atoms with Crippen molar-refractivity contribution in [2.75, 3.05) is 0 Å². The van der Waals surface area contributed by atoms with Crippen LogP contribution in [0.4, 0.5) is 0 Å². The van der Waals surface area contributed by atoms with Crippen molar-refractivity contribution in [1.29, 1.82) is 0 Å². The van der Waals surface area contributed by atoms with E-state index in [-0.39, 0.29) is 0 Å². The minimum atomic E-state index is -2.34. The minimum Gasteiger partial charge on any atom is -0.126 e. The van der Waals surface area contributed by atoms with Crippen LogP contribution in [-0.4, -0.2) is 6.00 Å². The van der Waals surface area contributed by atoms with E-state index in [9.17, 15) is 0 Å². The summed E-state index contributed by atoms with van der Waals surface area (Å²) >= 11 is 17.4. The summed E-state index contributed by atoms with van der Waals surface area (Å²) < 4.78 is 0. The van der Waals surface area contributed by atoms with Crippen molar-refractivity contribution < 1.29 is 0 Å². The smallest absolute Gasteiger partial charge is 0.126 e. The van der Waals surface area contributed by atoms with Crippen LogP contribution in [0.5, 0.6) is 0 Å². The highest BCUT2D eigenvalue weighted by Crippen LogP contribution is 2.27. The Labute approximate surface area is 109 Å². The quantitative estimate of drug-likeness (QED) is 0.213. The standard InChI is InChI=1S/C11H21Cl3Si/c1-2-3-4-5-6-7-8-9-10-11-15(12,13)14/h2-3H,4-11H2,1H3/b3-2+. The molecule has 0 saturated heterocycles. The van der Waals surface area contributed by atoms with Gasteiger partial charge in [0, 0.05) is 0 Å². The molecule has 0 amide bonds. The van der Waals surface area contributed by atoms with Gasteiger partial charge in [-0.1, -0.05) is 44.3 Å². The fraction of sp³-hybridized carbons (Fsp3) is 0.818. The molecule has 0 bridgehead atoms. The third-order valence-electron chi connectivity index (χ3n) is 2.32. The third-order valence-corrected chi connectivity index (χ3v) is 4.94. The average Bonchev–Trinajstić information content (AvgIpc) is 2.14. The van der Waals surface area contributed by atoms with Gasteiger partial charge in [0.25, 0.3) is 0 Å². The van der Waals surface area contributed by atoms with Gasteiger partial charge in [-0.15, -0.1) is 33.2 Å². The maximum absolute atomic E-state index is 5.79. The lowest BCUT2D eigenvalue weighted by atomic mass is 10.1. The molecule has 0 aromatic heterocycles. The van der Waals surface area contributed by atoms with Gasteiger partial charge in [0.05, 0.1) is 0 Å². The van der Waals surface area contributed by atoms with Crippen molar-refractivity contribution in [3.63, 3.8) is 0 Å². The monoisotopic (exact) mass is 286 g/mol. The van der Waals surface area contributed by atoms with Gasteiger partial charge < -0.3 is 0 Å². The molecule has 0 rings (SSSR count). The summed E-state index contributed by atoms with van der Waals surface area (Å²) in [4.78, 5) is 0. The molecule has 0 fully saturated rings. The van der Waals surface area contributed by atoms with Gasteiger partial charge in [-0.3, -0.25) is 0 Å². The van der Waals surface area contributed by atoms with E-state index in [0.717, 1.165) is 12.5 Å². The largest absolute Gasteiger partial charge is 0.341 e. The van der Waals surface area contributed by atoms with Gasteiger partial charge in [0.2, 0.25) is 0 Å². The molecule has 0 heterocycles. The van der Waals surface area contributed by atoms with Gasteiger partial charge in [-0.05, 0) is 25.8 Å². The maximum Gasteiger partial charge on any atom is 0.341 e. The SMILES string of the molecule is C/C=C/CCCCCCCC[Si](Cl)(Cl)Cl. The predicted molar refractivity (Wildman–Crippen MR) is 75.3 cm³/mol. The number of allylic oxidation sites excluding steroid dienone is 2. The molecule has 0 nitrogen and oxygen atoms in total. The normalized spacial score (nSPS) is 12.5. The molecule has 0 saturated carbocycles. The van der Waals surface area contributed by atoms with Gasteiger partial charge in [-0.25, -0.2) is 0 Å². The molecule has 15 heavy (non-hydrogen) atoms. The lowest BCUT2D eigenvalue weighted by Crippen LogP contribution is -2.07. The Balaban J connectivity index is 3.05. The number of halogens is 3. The van der Waals surface area contributed by atoms with Crippen LogP contribution >= 0.6 is 33.2 Å². The van der Waals surface area contributed by atoms with E-state index < -0.39 is 6.00 Å². The zero-order valence-corrected chi connectivity index (χ0v) is 12.7. The molecule has 0 aliphatic carbocycles. The van der Waals surface area contributed by atoms with Gasteiger partial charge >= 0.3 is 6.00 Å². The van der Waals surface area contributed by atoms with Crippen LogP contribution in [0.15, 0.2) is 12.2 Å². The first kappa shape index (κ1) is 15.8. The average molecular weight is 288 g/mol. The zero-order valence-electron chi connectivity index (χ0n) is 9.45. The molecule has 0 radical (unpaired) electrons. The van der Waals surface area contributed by atoms with Crippen LogP contribution < -0.4 is 0 Å². The molecular weight excluding hydrogens is 267 g/mol. The van der Waals surface area contributed by atoms with Crippen molar-refractivity contribution in [2.24, 2.45) is 0 Å². The lowest BCUT2D eigenvalue weighted by molar-refractivity contribution is 0.610. The summed E-state index contributed by atoms with van der Waals surface area (Å²) in [5.74, 6) is 0. The summed E-state index contributed by atoms with van der Waals surface area (Å²) in [5.41, 5.74) is 0. The highest BCUT2D eigenvalue weighted by Gasteiger charge is 2.23. The second-order valence-electron chi connectivity index (χ2n) is 3.84. The first-order valence-electron chi connectivity index (χ1n) is 5.74. The van der Waals surface area contributed by atoms with Crippen LogP contribution in [-0.2, 0) is 0 Å². The fourth-order valence-electron chi connectivity index (χ4n) is 1.46. The van der Waals surface area contributed by atoms with Crippen molar-refractivity contribution in [3.05, 3.63) is 12.2 Å². The van der Waals surface area contributed by atoms with Gasteiger partial charge in [0.1, 0.15) is 0 Å². The zero-order chi connectivity index (χ0) is 11.6. The van der Waals surface area contributed by atoms with E-state index in [2.05, 4.69) is 19.1 Å². The second-order valence-corrected chi connectivity index (χ2v) is 13.1. The Morgan fingerprint density at radius 3 is 1.93 bits per heavy atom. The summed E-state index contributed by atoms with van der Waals surface area (Å²) in [6.07, 6.45) is 13.1. The summed E-state index contributed by atoms with van der Waals surface area (Å²) in [6, 6.07) is -1.52. The van der Waals surface area contributed by atoms with E-state index in [4.69, 9.17) is 33.2 Å². The summed E-state index contributed by atoms with van der Waals surface area (Å²) in [6.45, 7) is 2.07. The highest BCUT2D eigenvalue weighted by atomic mass is 35.8. The Morgan fingerprint density at radius 1 is 0.867 bits per heavy atom. The molecule has 0 unspecified atom stereocenters. The molecule has 0 aliphatic rings. The first-order chi connectivity index (χ1) is 7.06. The summed E-state index contributed by atoms with van der Waals surface area (Å²) in [5, 5.41) is 0. The van der Waals surface area contributed by atoms with Crippen LogP contribution in [0.3, 0.4) is 0 Å². The van der Waals surface area contributed by atoms with E-state index in [1.165, 1.54) is 38.5 Å². The minimum absolute atomic E-state index is 0.816. The van der Waals surface area contributed by atoms with Crippen LogP contribution in [0.25, 0.3) is 0 Å². The topological polar surface area (TPSA) is 0 Å². The van der Waals surface area contributed by atoms with Gasteiger partial charge in [0.15, 0.2) is 0 Å². The number of rotatable bonds is 9. The maximum atomic E-state index is 5.79.